The summed E-state index contributed by atoms with van der Waals surface area (Å²) in [6, 6.07) is 0. The Kier molecular flexibility index (Phi) is 19.8. The van der Waals surface area contributed by atoms with Crippen LogP contribution in [0.15, 0.2) is 0 Å². The van der Waals surface area contributed by atoms with E-state index in [0.717, 1.165) is 17.8 Å². The second-order valence-corrected chi connectivity index (χ2v) is 9.84. The molecule has 0 bridgehead atoms. The Morgan fingerprint density at radius 3 is 1.00 bits per heavy atom. The highest BCUT2D eigenvalue weighted by Gasteiger charge is 2.09. The molecule has 0 nitrogen and oxygen atoms in total. The van der Waals surface area contributed by atoms with Gasteiger partial charge in [0.2, 0.25) is 0 Å². The summed E-state index contributed by atoms with van der Waals surface area (Å²) in [5, 5.41) is 0. The van der Waals surface area contributed by atoms with Crippen molar-refractivity contribution in [3.63, 3.8) is 0 Å². The zero-order valence-electron chi connectivity index (χ0n) is 19.5. The van der Waals surface area contributed by atoms with Crippen LogP contribution in [0.2, 0.25) is 0 Å². The Morgan fingerprint density at radius 1 is 0.385 bits per heavy atom. The van der Waals surface area contributed by atoms with E-state index in [1.54, 1.807) is 0 Å². The molecule has 0 saturated heterocycles. The fourth-order valence-corrected chi connectivity index (χ4v) is 4.15. The van der Waals surface area contributed by atoms with E-state index < -0.39 is 0 Å². The maximum absolute atomic E-state index is 2.36. The average molecular weight is 367 g/mol. The van der Waals surface area contributed by atoms with Crippen LogP contribution in [0.4, 0.5) is 0 Å². The predicted molar refractivity (Wildman–Crippen MR) is 122 cm³/mol. The smallest absolute Gasteiger partial charge is 0.0414 e. The van der Waals surface area contributed by atoms with Crippen LogP contribution in [-0.2, 0) is 0 Å². The van der Waals surface area contributed by atoms with Crippen LogP contribution >= 0.6 is 0 Å². The molecule has 0 aliphatic carbocycles. The molecule has 0 aliphatic heterocycles. The van der Waals surface area contributed by atoms with Crippen LogP contribution in [0.3, 0.4) is 0 Å². The summed E-state index contributed by atoms with van der Waals surface area (Å²) >= 11 is 0. The summed E-state index contributed by atoms with van der Waals surface area (Å²) in [5.41, 5.74) is 0. The van der Waals surface area contributed by atoms with Gasteiger partial charge < -0.3 is 0 Å². The van der Waals surface area contributed by atoms with Gasteiger partial charge in [-0.3, -0.25) is 0 Å². The SMILES string of the molecule is CCCCCCCC(CCCCCCC(C)C)CCCCCCC(C)C. The Balaban J connectivity index is 3.82. The third-order valence-corrected chi connectivity index (χ3v) is 6.00. The lowest BCUT2D eigenvalue weighted by atomic mass is 9.89. The van der Waals surface area contributed by atoms with Gasteiger partial charge in [0.05, 0.1) is 0 Å². The van der Waals surface area contributed by atoms with Crippen molar-refractivity contribution in [2.24, 2.45) is 17.8 Å². The first-order chi connectivity index (χ1) is 12.6. The molecule has 26 heavy (non-hydrogen) atoms. The molecular formula is C26H54. The Labute approximate surface area is 168 Å². The monoisotopic (exact) mass is 366 g/mol. The van der Waals surface area contributed by atoms with E-state index in [1.165, 1.54) is 116 Å². The van der Waals surface area contributed by atoms with Crippen LogP contribution in [-0.4, -0.2) is 0 Å². The van der Waals surface area contributed by atoms with Crippen LogP contribution in [0.1, 0.15) is 150 Å². The topological polar surface area (TPSA) is 0 Å². The Morgan fingerprint density at radius 2 is 0.692 bits per heavy atom. The van der Waals surface area contributed by atoms with E-state index in [0.29, 0.717) is 0 Å². The normalized spacial score (nSPS) is 12.0. The number of hydrogen-bond donors (Lipinski definition) is 0. The molecule has 0 N–H and O–H groups in total. The van der Waals surface area contributed by atoms with E-state index in [9.17, 15) is 0 Å². The second-order valence-electron chi connectivity index (χ2n) is 9.84. The van der Waals surface area contributed by atoms with Crippen molar-refractivity contribution >= 4 is 0 Å². The highest BCUT2D eigenvalue weighted by molar-refractivity contribution is 4.62. The zero-order chi connectivity index (χ0) is 19.5. The van der Waals surface area contributed by atoms with Gasteiger partial charge in [-0.25, -0.2) is 0 Å². The van der Waals surface area contributed by atoms with E-state index >= 15 is 0 Å². The zero-order valence-corrected chi connectivity index (χ0v) is 19.5. The molecule has 0 aliphatic rings. The number of rotatable bonds is 20. The second kappa shape index (κ2) is 19.8. The summed E-state index contributed by atoms with van der Waals surface area (Å²) in [4.78, 5) is 0. The molecule has 0 heteroatoms. The molecule has 158 valence electrons. The quantitative estimate of drug-likeness (QED) is 0.188. The van der Waals surface area contributed by atoms with Gasteiger partial charge >= 0.3 is 0 Å². The van der Waals surface area contributed by atoms with Crippen molar-refractivity contribution in [1.82, 2.24) is 0 Å². The van der Waals surface area contributed by atoms with E-state index in [1.807, 2.05) is 0 Å². The molecule has 0 unspecified atom stereocenters. The number of unbranched alkanes of at least 4 members (excludes halogenated alkanes) is 10. The molecule has 0 aromatic carbocycles. The fourth-order valence-electron chi connectivity index (χ4n) is 4.15. The fraction of sp³-hybridized carbons (Fsp3) is 1.00. The molecule has 0 rings (SSSR count). The highest BCUT2D eigenvalue weighted by Crippen LogP contribution is 2.25. The maximum Gasteiger partial charge on any atom is -0.0414 e. The summed E-state index contributed by atoms with van der Waals surface area (Å²) in [6.07, 6.45) is 26.4. The van der Waals surface area contributed by atoms with Gasteiger partial charge in [-0.1, -0.05) is 150 Å². The first-order valence-electron chi connectivity index (χ1n) is 12.6. The molecule has 0 spiro atoms. The first-order valence-corrected chi connectivity index (χ1v) is 12.6. The highest BCUT2D eigenvalue weighted by atomic mass is 14.1. The minimum Gasteiger partial charge on any atom is -0.0654 e. The van der Waals surface area contributed by atoms with Gasteiger partial charge in [-0.2, -0.15) is 0 Å². The summed E-state index contributed by atoms with van der Waals surface area (Å²) in [5.74, 6) is 2.81. The number of hydrogen-bond acceptors (Lipinski definition) is 0. The average Bonchev–Trinajstić information content (AvgIpc) is 2.59. The Bertz CT molecular complexity index is 233. The van der Waals surface area contributed by atoms with Crippen molar-refractivity contribution in [2.75, 3.05) is 0 Å². The van der Waals surface area contributed by atoms with Crippen molar-refractivity contribution in [3.05, 3.63) is 0 Å². The third-order valence-electron chi connectivity index (χ3n) is 6.00. The van der Waals surface area contributed by atoms with Crippen molar-refractivity contribution < 1.29 is 0 Å². The molecular weight excluding hydrogens is 312 g/mol. The first kappa shape index (κ1) is 26.0. The lowest BCUT2D eigenvalue weighted by Gasteiger charge is -2.17. The molecule has 0 aromatic rings. The van der Waals surface area contributed by atoms with Gasteiger partial charge in [0.25, 0.3) is 0 Å². The molecule has 0 amide bonds. The third kappa shape index (κ3) is 20.3. The minimum atomic E-state index is 0.890. The summed E-state index contributed by atoms with van der Waals surface area (Å²) in [6.45, 7) is 11.7. The standard InChI is InChI=1S/C26H54/c1-6-7-8-9-16-21-26(22-17-12-10-14-19-24(2)3)23-18-13-11-15-20-25(4)5/h24-26H,6-23H2,1-5H3. The molecule has 0 aromatic heterocycles. The molecule has 0 atom stereocenters. The molecule has 0 saturated carbocycles. The van der Waals surface area contributed by atoms with Gasteiger partial charge in [-0.15, -0.1) is 0 Å². The lowest BCUT2D eigenvalue weighted by molar-refractivity contribution is 0.364. The van der Waals surface area contributed by atoms with E-state index in [4.69, 9.17) is 0 Å². The van der Waals surface area contributed by atoms with Crippen LogP contribution in [0.25, 0.3) is 0 Å². The van der Waals surface area contributed by atoms with Crippen molar-refractivity contribution in [1.29, 1.82) is 0 Å². The largest absolute Gasteiger partial charge is 0.0654 e. The van der Waals surface area contributed by atoms with Crippen LogP contribution in [0, 0.1) is 17.8 Å². The molecule has 0 heterocycles. The van der Waals surface area contributed by atoms with E-state index in [-0.39, 0.29) is 0 Å². The molecule has 0 radical (unpaired) electrons. The van der Waals surface area contributed by atoms with Gasteiger partial charge in [-0.05, 0) is 17.8 Å². The summed E-state index contributed by atoms with van der Waals surface area (Å²) in [7, 11) is 0. The summed E-state index contributed by atoms with van der Waals surface area (Å²) < 4.78 is 0. The van der Waals surface area contributed by atoms with Crippen molar-refractivity contribution in [3.8, 4) is 0 Å². The predicted octanol–water partition coefficient (Wildman–Crippen LogP) is 9.96. The van der Waals surface area contributed by atoms with Gasteiger partial charge in [0.15, 0.2) is 0 Å². The maximum atomic E-state index is 2.36. The van der Waals surface area contributed by atoms with Crippen LogP contribution in [0.5, 0.6) is 0 Å². The Hall–Kier alpha value is 0. The molecule has 0 fully saturated rings. The lowest BCUT2D eigenvalue weighted by Crippen LogP contribution is -2.02. The van der Waals surface area contributed by atoms with Gasteiger partial charge in [0, 0.05) is 0 Å². The van der Waals surface area contributed by atoms with Gasteiger partial charge in [0.1, 0.15) is 0 Å². The van der Waals surface area contributed by atoms with E-state index in [2.05, 4.69) is 34.6 Å². The van der Waals surface area contributed by atoms with Crippen molar-refractivity contribution in [2.45, 2.75) is 150 Å². The van der Waals surface area contributed by atoms with Crippen LogP contribution < -0.4 is 0 Å². The minimum absolute atomic E-state index is 0.890.